The zero-order valence-corrected chi connectivity index (χ0v) is 12.2. The van der Waals surface area contributed by atoms with E-state index in [2.05, 4.69) is 5.32 Å². The average Bonchev–Trinajstić information content (AvgIpc) is 2.44. The van der Waals surface area contributed by atoms with Gasteiger partial charge in [-0.25, -0.2) is 4.39 Å². The first-order chi connectivity index (χ1) is 10.3. The highest BCUT2D eigenvalue weighted by Gasteiger charge is 2.35. The van der Waals surface area contributed by atoms with E-state index in [4.69, 9.17) is 5.11 Å². The quantitative estimate of drug-likeness (QED) is 0.757. The Morgan fingerprint density at radius 3 is 2.55 bits per heavy atom. The van der Waals surface area contributed by atoms with Crippen LogP contribution in [0.5, 0.6) is 0 Å². The average molecular weight is 321 g/mol. The van der Waals surface area contributed by atoms with Crippen LogP contribution in [-0.2, 0) is 6.18 Å². The van der Waals surface area contributed by atoms with Crippen LogP contribution in [0.3, 0.4) is 0 Å². The van der Waals surface area contributed by atoms with E-state index in [9.17, 15) is 22.4 Å². The molecule has 22 heavy (non-hydrogen) atoms. The molecule has 0 saturated heterocycles. The van der Waals surface area contributed by atoms with Crippen LogP contribution in [0.25, 0.3) is 0 Å². The second-order valence-electron chi connectivity index (χ2n) is 5.06. The summed E-state index contributed by atoms with van der Waals surface area (Å²) in [5.41, 5.74) is -1.90. The molecule has 0 saturated carbocycles. The maximum Gasteiger partial charge on any atom is 0.417 e. The summed E-state index contributed by atoms with van der Waals surface area (Å²) >= 11 is 0. The largest absolute Gasteiger partial charge is 0.417 e. The second-order valence-corrected chi connectivity index (χ2v) is 5.06. The maximum absolute atomic E-state index is 13.0. The van der Waals surface area contributed by atoms with Gasteiger partial charge in [0.1, 0.15) is 5.82 Å². The lowest BCUT2D eigenvalue weighted by atomic mass is 9.99. The third-order valence-electron chi connectivity index (χ3n) is 3.32. The first kappa shape index (κ1) is 18.4. The summed E-state index contributed by atoms with van der Waals surface area (Å²) < 4.78 is 51.5. The summed E-state index contributed by atoms with van der Waals surface area (Å²) in [5, 5.41) is 11.4. The Morgan fingerprint density at radius 1 is 1.32 bits per heavy atom. The zero-order chi connectivity index (χ0) is 16.8. The molecule has 7 heteroatoms. The van der Waals surface area contributed by atoms with Crippen molar-refractivity contribution in [1.82, 2.24) is 5.32 Å². The van der Waals surface area contributed by atoms with Crippen molar-refractivity contribution in [3.8, 4) is 0 Å². The number of aliphatic hydroxyl groups is 1. The van der Waals surface area contributed by atoms with E-state index in [0.717, 1.165) is 25.0 Å². The fourth-order valence-corrected chi connectivity index (χ4v) is 2.22. The Hall–Kier alpha value is -1.63. The molecular weight excluding hydrogens is 302 g/mol. The van der Waals surface area contributed by atoms with Crippen molar-refractivity contribution < 1.29 is 27.5 Å². The molecule has 0 heterocycles. The van der Waals surface area contributed by atoms with Gasteiger partial charge in [0.15, 0.2) is 0 Å². The highest BCUT2D eigenvalue weighted by Crippen LogP contribution is 2.32. The van der Waals surface area contributed by atoms with Gasteiger partial charge in [0.2, 0.25) is 0 Å². The molecule has 0 aromatic heterocycles. The number of amides is 1. The normalized spacial score (nSPS) is 13.0. The highest BCUT2D eigenvalue weighted by atomic mass is 19.4. The number of carbonyl (C=O) groups is 1. The van der Waals surface area contributed by atoms with Crippen LogP contribution in [0.15, 0.2) is 18.2 Å². The molecular formula is C15H19F4NO2. The zero-order valence-electron chi connectivity index (χ0n) is 12.2. The fourth-order valence-electron chi connectivity index (χ4n) is 2.22. The molecule has 0 bridgehead atoms. The SMILES string of the molecule is CCCC(CCO)CNC(=O)c1ccc(F)cc1C(F)(F)F. The molecule has 0 aliphatic heterocycles. The van der Waals surface area contributed by atoms with Gasteiger partial charge in [-0.3, -0.25) is 4.79 Å². The fraction of sp³-hybridized carbons (Fsp3) is 0.533. The van der Waals surface area contributed by atoms with E-state index in [-0.39, 0.29) is 19.1 Å². The van der Waals surface area contributed by atoms with Crippen molar-refractivity contribution in [3.05, 3.63) is 35.1 Å². The topological polar surface area (TPSA) is 49.3 Å². The van der Waals surface area contributed by atoms with Gasteiger partial charge in [0, 0.05) is 13.2 Å². The Bertz CT molecular complexity index is 497. The number of nitrogens with one attached hydrogen (secondary N) is 1. The van der Waals surface area contributed by atoms with Gasteiger partial charge in [0.25, 0.3) is 5.91 Å². The van der Waals surface area contributed by atoms with Crippen LogP contribution in [0.4, 0.5) is 17.6 Å². The van der Waals surface area contributed by atoms with Crippen molar-refractivity contribution in [1.29, 1.82) is 0 Å². The molecule has 1 unspecified atom stereocenters. The molecule has 0 aliphatic carbocycles. The number of carbonyl (C=O) groups excluding carboxylic acids is 1. The third-order valence-corrected chi connectivity index (χ3v) is 3.32. The number of rotatable bonds is 7. The molecule has 1 atom stereocenters. The molecule has 1 rings (SSSR count). The second kappa shape index (κ2) is 8.12. The number of aliphatic hydroxyl groups excluding tert-OH is 1. The van der Waals surface area contributed by atoms with Gasteiger partial charge in [-0.15, -0.1) is 0 Å². The molecule has 1 aromatic rings. The van der Waals surface area contributed by atoms with Crippen molar-refractivity contribution in [3.63, 3.8) is 0 Å². The third kappa shape index (κ3) is 5.29. The Kier molecular flexibility index (Phi) is 6.80. The van der Waals surface area contributed by atoms with Gasteiger partial charge in [0.05, 0.1) is 11.1 Å². The van der Waals surface area contributed by atoms with E-state index in [1.54, 1.807) is 0 Å². The molecule has 0 spiro atoms. The van der Waals surface area contributed by atoms with Crippen molar-refractivity contribution >= 4 is 5.91 Å². The van der Waals surface area contributed by atoms with Gasteiger partial charge in [-0.05, 0) is 37.0 Å². The maximum atomic E-state index is 13.0. The predicted octanol–water partition coefficient (Wildman–Crippen LogP) is 3.37. The summed E-state index contributed by atoms with van der Waals surface area (Å²) in [6, 6.07) is 1.96. The molecule has 1 aromatic carbocycles. The van der Waals surface area contributed by atoms with E-state index in [1.807, 2.05) is 6.92 Å². The molecule has 0 radical (unpaired) electrons. The summed E-state index contributed by atoms with van der Waals surface area (Å²) in [7, 11) is 0. The first-order valence-electron chi connectivity index (χ1n) is 7.05. The summed E-state index contributed by atoms with van der Waals surface area (Å²) in [4.78, 5) is 11.9. The van der Waals surface area contributed by atoms with Crippen LogP contribution in [0, 0.1) is 11.7 Å². The van der Waals surface area contributed by atoms with Crippen molar-refractivity contribution in [2.45, 2.75) is 32.4 Å². The number of halogens is 4. The highest BCUT2D eigenvalue weighted by molar-refractivity contribution is 5.95. The Balaban J connectivity index is 2.85. The minimum atomic E-state index is -4.80. The Morgan fingerprint density at radius 2 is 2.00 bits per heavy atom. The molecule has 3 nitrogen and oxygen atoms in total. The first-order valence-corrected chi connectivity index (χ1v) is 7.05. The molecule has 0 aliphatic rings. The van der Waals surface area contributed by atoms with Crippen LogP contribution in [-0.4, -0.2) is 24.2 Å². The lowest BCUT2D eigenvalue weighted by molar-refractivity contribution is -0.138. The standard InChI is InChI=1S/C15H19F4NO2/c1-2-3-10(6-7-21)9-20-14(22)12-5-4-11(16)8-13(12)15(17,18)19/h4-5,8,10,21H,2-3,6-7,9H2,1H3,(H,20,22). The molecule has 124 valence electrons. The summed E-state index contributed by atoms with van der Waals surface area (Å²) in [5.74, 6) is -1.95. The van der Waals surface area contributed by atoms with Gasteiger partial charge < -0.3 is 10.4 Å². The minimum Gasteiger partial charge on any atom is -0.396 e. The summed E-state index contributed by atoms with van der Waals surface area (Å²) in [6.45, 7) is 2.06. The number of alkyl halides is 3. The molecule has 2 N–H and O–H groups in total. The smallest absolute Gasteiger partial charge is 0.396 e. The number of hydrogen-bond acceptors (Lipinski definition) is 2. The van der Waals surface area contributed by atoms with E-state index in [0.29, 0.717) is 12.5 Å². The van der Waals surface area contributed by atoms with Crippen molar-refractivity contribution in [2.75, 3.05) is 13.2 Å². The monoisotopic (exact) mass is 321 g/mol. The minimum absolute atomic E-state index is 0.00580. The summed E-state index contributed by atoms with van der Waals surface area (Å²) in [6.07, 6.45) is -2.76. The van der Waals surface area contributed by atoms with Crippen LogP contribution in [0.1, 0.15) is 42.1 Å². The van der Waals surface area contributed by atoms with E-state index < -0.39 is 29.0 Å². The van der Waals surface area contributed by atoms with Gasteiger partial charge >= 0.3 is 6.18 Å². The number of benzene rings is 1. The van der Waals surface area contributed by atoms with Crippen LogP contribution in [0.2, 0.25) is 0 Å². The predicted molar refractivity (Wildman–Crippen MR) is 73.8 cm³/mol. The van der Waals surface area contributed by atoms with Gasteiger partial charge in [-0.1, -0.05) is 13.3 Å². The van der Waals surface area contributed by atoms with Gasteiger partial charge in [-0.2, -0.15) is 13.2 Å². The lowest BCUT2D eigenvalue weighted by Crippen LogP contribution is -2.31. The van der Waals surface area contributed by atoms with E-state index >= 15 is 0 Å². The lowest BCUT2D eigenvalue weighted by Gasteiger charge is -2.17. The van der Waals surface area contributed by atoms with Crippen molar-refractivity contribution in [2.24, 2.45) is 5.92 Å². The molecule has 0 fully saturated rings. The number of hydrogen-bond donors (Lipinski definition) is 2. The Labute approximate surface area is 126 Å². The van der Waals surface area contributed by atoms with E-state index in [1.165, 1.54) is 0 Å². The van der Waals surface area contributed by atoms with Crippen LogP contribution >= 0.6 is 0 Å². The molecule has 1 amide bonds. The van der Waals surface area contributed by atoms with Crippen LogP contribution < -0.4 is 5.32 Å².